The molecule has 1 aromatic rings. The Labute approximate surface area is 111 Å². The van der Waals surface area contributed by atoms with Crippen LogP contribution in [0.3, 0.4) is 0 Å². The smallest absolute Gasteiger partial charge is 0.303 e. The molecule has 1 amide bonds. The van der Waals surface area contributed by atoms with Crippen LogP contribution >= 0.6 is 0 Å². The number of carboxylic acids is 1. The molecule has 1 unspecified atom stereocenters. The van der Waals surface area contributed by atoms with Gasteiger partial charge in [0.2, 0.25) is 0 Å². The lowest BCUT2D eigenvalue weighted by Gasteiger charge is -2.32. The summed E-state index contributed by atoms with van der Waals surface area (Å²) in [7, 11) is 0. The molecule has 1 aliphatic rings. The molecule has 2 rings (SSSR count). The zero-order valence-electron chi connectivity index (χ0n) is 10.8. The van der Waals surface area contributed by atoms with Crippen molar-refractivity contribution in [2.24, 2.45) is 0 Å². The molecule has 19 heavy (non-hydrogen) atoms. The molecular formula is C14H17NO4. The van der Waals surface area contributed by atoms with Gasteiger partial charge >= 0.3 is 5.97 Å². The first-order valence-corrected chi connectivity index (χ1v) is 6.29. The standard InChI is InChI=1S/C14H17NO4/c1-10-2-4-11(5-3-10)15-8-9-19-12(14(15)18)6-7-13(16)17/h2-5,12H,6-9H2,1H3,(H,16,17). The summed E-state index contributed by atoms with van der Waals surface area (Å²) in [5.41, 5.74) is 1.96. The van der Waals surface area contributed by atoms with Crippen molar-refractivity contribution in [3.8, 4) is 0 Å². The summed E-state index contributed by atoms with van der Waals surface area (Å²) in [6.07, 6.45) is -0.486. The maximum absolute atomic E-state index is 12.2. The highest BCUT2D eigenvalue weighted by Crippen LogP contribution is 2.21. The van der Waals surface area contributed by atoms with Gasteiger partial charge in [-0.05, 0) is 25.5 Å². The molecule has 0 saturated carbocycles. The lowest BCUT2D eigenvalue weighted by Crippen LogP contribution is -2.48. The van der Waals surface area contributed by atoms with Crippen LogP contribution in [0.5, 0.6) is 0 Å². The molecular weight excluding hydrogens is 246 g/mol. The van der Waals surface area contributed by atoms with Gasteiger partial charge < -0.3 is 14.7 Å². The zero-order valence-corrected chi connectivity index (χ0v) is 10.8. The van der Waals surface area contributed by atoms with Crippen LogP contribution in [0.1, 0.15) is 18.4 Å². The second kappa shape index (κ2) is 5.84. The van der Waals surface area contributed by atoms with E-state index in [2.05, 4.69) is 0 Å². The molecule has 1 N–H and O–H groups in total. The largest absolute Gasteiger partial charge is 0.481 e. The van der Waals surface area contributed by atoms with Gasteiger partial charge in [0.15, 0.2) is 0 Å². The van der Waals surface area contributed by atoms with Gasteiger partial charge in [0, 0.05) is 18.7 Å². The Morgan fingerprint density at radius 3 is 2.74 bits per heavy atom. The van der Waals surface area contributed by atoms with E-state index in [4.69, 9.17) is 9.84 Å². The number of rotatable bonds is 4. The number of ether oxygens (including phenoxy) is 1. The molecule has 0 bridgehead atoms. The Morgan fingerprint density at radius 2 is 2.11 bits per heavy atom. The van der Waals surface area contributed by atoms with Crippen molar-refractivity contribution in [2.45, 2.75) is 25.9 Å². The number of benzene rings is 1. The molecule has 1 saturated heterocycles. The fourth-order valence-corrected chi connectivity index (χ4v) is 2.08. The third-order valence-corrected chi connectivity index (χ3v) is 3.14. The predicted molar refractivity (Wildman–Crippen MR) is 70.1 cm³/mol. The summed E-state index contributed by atoms with van der Waals surface area (Å²) >= 11 is 0. The van der Waals surface area contributed by atoms with E-state index < -0.39 is 12.1 Å². The van der Waals surface area contributed by atoms with Crippen molar-refractivity contribution >= 4 is 17.6 Å². The van der Waals surface area contributed by atoms with Gasteiger partial charge in [0.1, 0.15) is 6.10 Å². The Morgan fingerprint density at radius 1 is 1.42 bits per heavy atom. The number of anilines is 1. The van der Waals surface area contributed by atoms with Crippen LogP contribution in [0.4, 0.5) is 5.69 Å². The summed E-state index contributed by atoms with van der Waals surface area (Å²) in [5.74, 6) is -1.07. The van der Waals surface area contributed by atoms with Gasteiger partial charge in [0.05, 0.1) is 6.61 Å². The molecule has 1 aromatic carbocycles. The second-order valence-electron chi connectivity index (χ2n) is 4.62. The predicted octanol–water partition coefficient (Wildman–Crippen LogP) is 1.59. The van der Waals surface area contributed by atoms with Gasteiger partial charge in [-0.1, -0.05) is 17.7 Å². The quantitative estimate of drug-likeness (QED) is 0.895. The summed E-state index contributed by atoms with van der Waals surface area (Å²) in [5, 5.41) is 8.66. The third-order valence-electron chi connectivity index (χ3n) is 3.14. The topological polar surface area (TPSA) is 66.8 Å². The van der Waals surface area contributed by atoms with Crippen molar-refractivity contribution in [1.82, 2.24) is 0 Å². The third kappa shape index (κ3) is 3.32. The minimum atomic E-state index is -0.913. The van der Waals surface area contributed by atoms with Crippen LogP contribution in [0.25, 0.3) is 0 Å². The van der Waals surface area contributed by atoms with Crippen LogP contribution in [-0.2, 0) is 14.3 Å². The van der Waals surface area contributed by atoms with E-state index in [-0.39, 0.29) is 18.7 Å². The fraction of sp³-hybridized carbons (Fsp3) is 0.429. The molecule has 0 spiro atoms. The highest BCUT2D eigenvalue weighted by atomic mass is 16.5. The zero-order chi connectivity index (χ0) is 13.8. The number of hydrogen-bond donors (Lipinski definition) is 1. The lowest BCUT2D eigenvalue weighted by molar-refractivity contribution is -0.140. The first-order chi connectivity index (χ1) is 9.08. The van der Waals surface area contributed by atoms with Crippen LogP contribution in [-0.4, -0.2) is 36.2 Å². The first-order valence-electron chi connectivity index (χ1n) is 6.29. The van der Waals surface area contributed by atoms with Crippen molar-refractivity contribution in [3.05, 3.63) is 29.8 Å². The Kier molecular flexibility index (Phi) is 4.16. The van der Waals surface area contributed by atoms with Crippen molar-refractivity contribution in [2.75, 3.05) is 18.1 Å². The molecule has 1 heterocycles. The maximum Gasteiger partial charge on any atom is 0.303 e. The van der Waals surface area contributed by atoms with Crippen molar-refractivity contribution in [3.63, 3.8) is 0 Å². The number of carbonyl (C=O) groups is 2. The van der Waals surface area contributed by atoms with Crippen molar-refractivity contribution < 1.29 is 19.4 Å². The summed E-state index contributed by atoms with van der Waals surface area (Å²) in [4.78, 5) is 24.5. The Bertz CT molecular complexity index is 469. The van der Waals surface area contributed by atoms with E-state index in [0.29, 0.717) is 13.2 Å². The highest BCUT2D eigenvalue weighted by molar-refractivity contribution is 5.97. The maximum atomic E-state index is 12.2. The van der Waals surface area contributed by atoms with Gasteiger partial charge in [-0.25, -0.2) is 0 Å². The average Bonchev–Trinajstić information content (AvgIpc) is 2.39. The molecule has 1 aliphatic heterocycles. The molecule has 5 heteroatoms. The number of aryl methyl sites for hydroxylation is 1. The number of hydrogen-bond acceptors (Lipinski definition) is 3. The highest BCUT2D eigenvalue weighted by Gasteiger charge is 2.30. The summed E-state index contributed by atoms with van der Waals surface area (Å²) < 4.78 is 5.36. The summed E-state index contributed by atoms with van der Waals surface area (Å²) in [6, 6.07) is 7.69. The van der Waals surface area contributed by atoms with Crippen LogP contribution in [0.2, 0.25) is 0 Å². The van der Waals surface area contributed by atoms with E-state index >= 15 is 0 Å². The average molecular weight is 263 g/mol. The minimum Gasteiger partial charge on any atom is -0.481 e. The number of morpholine rings is 1. The van der Waals surface area contributed by atoms with Gasteiger partial charge in [-0.3, -0.25) is 9.59 Å². The van der Waals surface area contributed by atoms with E-state index in [9.17, 15) is 9.59 Å². The van der Waals surface area contributed by atoms with Crippen LogP contribution in [0, 0.1) is 6.92 Å². The Hall–Kier alpha value is -1.88. The molecule has 1 atom stereocenters. The second-order valence-corrected chi connectivity index (χ2v) is 4.62. The number of aliphatic carboxylic acids is 1. The Balaban J connectivity index is 2.07. The molecule has 1 fully saturated rings. The van der Waals surface area contributed by atoms with Gasteiger partial charge in [0.25, 0.3) is 5.91 Å². The number of amides is 1. The molecule has 0 radical (unpaired) electrons. The van der Waals surface area contributed by atoms with Gasteiger partial charge in [-0.2, -0.15) is 0 Å². The molecule has 0 aliphatic carbocycles. The van der Waals surface area contributed by atoms with E-state index in [1.165, 1.54) is 0 Å². The minimum absolute atomic E-state index is 0.0574. The van der Waals surface area contributed by atoms with E-state index in [1.54, 1.807) is 4.90 Å². The van der Waals surface area contributed by atoms with Crippen LogP contribution in [0.15, 0.2) is 24.3 Å². The molecule has 102 valence electrons. The van der Waals surface area contributed by atoms with E-state index in [0.717, 1.165) is 11.3 Å². The van der Waals surface area contributed by atoms with Crippen molar-refractivity contribution in [1.29, 1.82) is 0 Å². The van der Waals surface area contributed by atoms with Gasteiger partial charge in [-0.15, -0.1) is 0 Å². The number of nitrogens with zero attached hydrogens (tertiary/aromatic N) is 1. The fourth-order valence-electron chi connectivity index (χ4n) is 2.08. The molecule has 0 aromatic heterocycles. The summed E-state index contributed by atoms with van der Waals surface area (Å²) in [6.45, 7) is 2.93. The monoisotopic (exact) mass is 263 g/mol. The first kappa shape index (κ1) is 13.5. The molecule has 5 nitrogen and oxygen atoms in total. The SMILES string of the molecule is Cc1ccc(N2CCOC(CCC(=O)O)C2=O)cc1. The number of carboxylic acid groups (broad SMARTS) is 1. The van der Waals surface area contributed by atoms with Crippen LogP contribution < -0.4 is 4.90 Å². The lowest BCUT2D eigenvalue weighted by atomic mass is 10.1. The normalized spacial score (nSPS) is 19.5. The van der Waals surface area contributed by atoms with E-state index in [1.807, 2.05) is 31.2 Å². The number of carbonyl (C=O) groups excluding carboxylic acids is 1.